The number of rotatable bonds is 1. The number of hydrogen-bond donors (Lipinski definition) is 1. The van der Waals surface area contributed by atoms with Gasteiger partial charge in [0.2, 0.25) is 5.65 Å². The summed E-state index contributed by atoms with van der Waals surface area (Å²) in [7, 11) is 0. The van der Waals surface area contributed by atoms with Crippen molar-refractivity contribution in [2.24, 2.45) is 0 Å². The van der Waals surface area contributed by atoms with Gasteiger partial charge in [-0.15, -0.1) is 9.73 Å². The number of carboxylic acid groups (broad SMARTS) is 1. The maximum Gasteiger partial charge on any atom is 0.339 e. The number of carboxylic acids is 1. The molecule has 12 heavy (non-hydrogen) atoms. The Morgan fingerprint density at radius 1 is 1.58 bits per heavy atom. The van der Waals surface area contributed by atoms with E-state index in [1.807, 2.05) is 0 Å². The topological polar surface area (TPSA) is 93.3 Å². The molecule has 7 nitrogen and oxygen atoms in total. The summed E-state index contributed by atoms with van der Waals surface area (Å²) in [6.07, 6.45) is 1.33. The third-order valence-corrected chi connectivity index (χ3v) is 1.34. The fourth-order valence-electron chi connectivity index (χ4n) is 0.834. The fourth-order valence-corrected chi connectivity index (χ4v) is 0.834. The van der Waals surface area contributed by atoms with Crippen LogP contribution in [-0.4, -0.2) is 36.3 Å². The summed E-state index contributed by atoms with van der Waals surface area (Å²) >= 11 is 0. The summed E-state index contributed by atoms with van der Waals surface area (Å²) in [6.45, 7) is 0. The van der Waals surface area contributed by atoms with E-state index in [1.54, 1.807) is 0 Å². The first kappa shape index (κ1) is 6.65. The number of fused-ring (bicyclic) bond motifs is 1. The van der Waals surface area contributed by atoms with Gasteiger partial charge in [0.15, 0.2) is 0 Å². The van der Waals surface area contributed by atoms with Gasteiger partial charge in [0.05, 0.1) is 6.20 Å². The van der Waals surface area contributed by atoms with E-state index in [4.69, 9.17) is 5.11 Å². The number of tetrazole rings is 1. The molecule has 0 spiro atoms. The van der Waals surface area contributed by atoms with E-state index >= 15 is 0 Å². The Labute approximate surface area is 65.6 Å². The van der Waals surface area contributed by atoms with Crippen molar-refractivity contribution < 1.29 is 9.90 Å². The average Bonchev–Trinajstić information content (AvgIpc) is 2.49. The minimum atomic E-state index is -1.07. The smallest absolute Gasteiger partial charge is 0.339 e. The van der Waals surface area contributed by atoms with Crippen molar-refractivity contribution >= 4 is 11.6 Å². The number of aromatic nitrogens is 5. The van der Waals surface area contributed by atoms with Gasteiger partial charge in [-0.1, -0.05) is 0 Å². The highest BCUT2D eigenvalue weighted by Crippen LogP contribution is 2.02. The second-order valence-electron chi connectivity index (χ2n) is 2.04. The molecule has 0 amide bonds. The first-order valence-corrected chi connectivity index (χ1v) is 3.06. The van der Waals surface area contributed by atoms with Gasteiger partial charge in [-0.3, -0.25) is 0 Å². The molecule has 0 saturated carbocycles. The lowest BCUT2D eigenvalue weighted by Crippen LogP contribution is -2.03. The van der Waals surface area contributed by atoms with Gasteiger partial charge in [-0.2, -0.15) is 5.10 Å². The minimum Gasteiger partial charge on any atom is -0.478 e. The first-order chi connectivity index (χ1) is 5.79. The Balaban J connectivity index is 2.82. The van der Waals surface area contributed by atoms with Gasteiger partial charge in [-0.05, 0) is 16.5 Å². The van der Waals surface area contributed by atoms with E-state index in [0.717, 1.165) is 4.63 Å². The van der Waals surface area contributed by atoms with Crippen LogP contribution in [0.15, 0.2) is 12.3 Å². The third-order valence-electron chi connectivity index (χ3n) is 1.34. The molecule has 0 fully saturated rings. The summed E-state index contributed by atoms with van der Waals surface area (Å²) in [5.41, 5.74) is 0.181. The van der Waals surface area contributed by atoms with Gasteiger partial charge in [0.1, 0.15) is 5.56 Å². The molecule has 2 rings (SSSR count). The van der Waals surface area contributed by atoms with Crippen molar-refractivity contribution in [2.75, 3.05) is 0 Å². The van der Waals surface area contributed by atoms with Crippen LogP contribution in [0.2, 0.25) is 0 Å². The number of carbonyl (C=O) groups is 1. The monoisotopic (exact) mass is 165 g/mol. The zero-order chi connectivity index (χ0) is 8.55. The molecule has 2 heterocycles. The van der Waals surface area contributed by atoms with E-state index in [9.17, 15) is 4.79 Å². The standard InChI is InChI=1S/C5H3N5O2/c11-5(12)3-1-2-6-10-4(3)7-8-9-10/h1-2H,(H,11,12). The number of hydrogen-bond acceptors (Lipinski definition) is 5. The molecule has 1 N–H and O–H groups in total. The molecule has 0 saturated heterocycles. The van der Waals surface area contributed by atoms with Crippen LogP contribution in [0.3, 0.4) is 0 Å². The largest absolute Gasteiger partial charge is 0.478 e. The van der Waals surface area contributed by atoms with Crippen LogP contribution in [0.5, 0.6) is 0 Å². The van der Waals surface area contributed by atoms with E-state index in [0.29, 0.717) is 0 Å². The molecule has 0 aliphatic heterocycles. The van der Waals surface area contributed by atoms with Crippen LogP contribution in [-0.2, 0) is 0 Å². The Kier molecular flexibility index (Phi) is 1.23. The molecule has 0 aliphatic carbocycles. The Bertz CT molecular complexity index is 436. The van der Waals surface area contributed by atoms with Crippen LogP contribution < -0.4 is 0 Å². The molecule has 0 aliphatic rings. The quantitative estimate of drug-likeness (QED) is 0.595. The van der Waals surface area contributed by atoms with Gasteiger partial charge >= 0.3 is 5.97 Å². The predicted molar refractivity (Wildman–Crippen MR) is 35.5 cm³/mol. The van der Waals surface area contributed by atoms with Crippen molar-refractivity contribution in [3.05, 3.63) is 17.8 Å². The second kappa shape index (κ2) is 2.22. The molecule has 7 heteroatoms. The van der Waals surface area contributed by atoms with Crippen molar-refractivity contribution in [3.8, 4) is 0 Å². The summed E-state index contributed by atoms with van der Waals surface area (Å²) in [5, 5.41) is 22.6. The van der Waals surface area contributed by atoms with E-state index in [-0.39, 0.29) is 11.2 Å². The van der Waals surface area contributed by atoms with Crippen molar-refractivity contribution in [1.82, 2.24) is 25.3 Å². The highest BCUT2D eigenvalue weighted by molar-refractivity contribution is 5.93. The predicted octanol–water partition coefficient (Wildman–Crippen LogP) is -0.783. The molecule has 60 valence electrons. The Morgan fingerprint density at radius 3 is 3.17 bits per heavy atom. The number of nitrogens with zero attached hydrogens (tertiary/aromatic N) is 5. The van der Waals surface area contributed by atoms with E-state index < -0.39 is 5.97 Å². The van der Waals surface area contributed by atoms with Gasteiger partial charge in [0.25, 0.3) is 0 Å². The van der Waals surface area contributed by atoms with Gasteiger partial charge < -0.3 is 5.11 Å². The Morgan fingerprint density at radius 2 is 2.42 bits per heavy atom. The van der Waals surface area contributed by atoms with Crippen molar-refractivity contribution in [1.29, 1.82) is 0 Å². The van der Waals surface area contributed by atoms with E-state index in [1.165, 1.54) is 12.3 Å². The lowest BCUT2D eigenvalue weighted by atomic mass is 10.3. The molecule has 2 aromatic rings. The number of aromatic carboxylic acids is 1. The molecular formula is C5H3N5O2. The molecule has 0 aromatic carbocycles. The SMILES string of the molecule is O=C(O)c1ccnn2nnnc12. The summed E-state index contributed by atoms with van der Waals surface area (Å²) in [5.74, 6) is -1.07. The van der Waals surface area contributed by atoms with Gasteiger partial charge in [0, 0.05) is 0 Å². The van der Waals surface area contributed by atoms with Crippen LogP contribution in [0, 0.1) is 0 Å². The molecular weight excluding hydrogens is 162 g/mol. The highest BCUT2D eigenvalue weighted by atomic mass is 16.4. The molecule has 0 atom stereocenters. The molecule has 0 bridgehead atoms. The summed E-state index contributed by atoms with van der Waals surface area (Å²) in [6, 6.07) is 1.34. The van der Waals surface area contributed by atoms with Crippen molar-refractivity contribution in [3.63, 3.8) is 0 Å². The Hall–Kier alpha value is -2.05. The maximum absolute atomic E-state index is 10.6. The zero-order valence-electron chi connectivity index (χ0n) is 5.75. The van der Waals surface area contributed by atoms with Crippen LogP contribution in [0.1, 0.15) is 10.4 Å². The molecule has 0 radical (unpaired) electrons. The highest BCUT2D eigenvalue weighted by Gasteiger charge is 2.10. The van der Waals surface area contributed by atoms with Gasteiger partial charge in [-0.25, -0.2) is 4.79 Å². The summed E-state index contributed by atoms with van der Waals surface area (Å²) in [4.78, 5) is 10.6. The minimum absolute atomic E-state index is 0.0370. The average molecular weight is 165 g/mol. The summed E-state index contributed by atoms with van der Waals surface area (Å²) < 4.78 is 1.06. The second-order valence-corrected chi connectivity index (χ2v) is 2.04. The lowest BCUT2D eigenvalue weighted by Gasteiger charge is -1.92. The normalized spacial score (nSPS) is 10.3. The van der Waals surface area contributed by atoms with Crippen LogP contribution >= 0.6 is 0 Å². The maximum atomic E-state index is 10.6. The van der Waals surface area contributed by atoms with Crippen LogP contribution in [0.25, 0.3) is 5.65 Å². The molecule has 0 unspecified atom stereocenters. The zero-order valence-corrected chi connectivity index (χ0v) is 5.75. The lowest BCUT2D eigenvalue weighted by molar-refractivity contribution is 0.0698. The molecule has 2 aromatic heterocycles. The van der Waals surface area contributed by atoms with E-state index in [2.05, 4.69) is 20.6 Å². The van der Waals surface area contributed by atoms with Crippen LogP contribution in [0.4, 0.5) is 0 Å². The fraction of sp³-hybridized carbons (Fsp3) is 0. The first-order valence-electron chi connectivity index (χ1n) is 3.06. The third kappa shape index (κ3) is 0.797. The van der Waals surface area contributed by atoms with Crippen molar-refractivity contribution in [2.45, 2.75) is 0 Å².